The molecular formula is C43H33N5. The van der Waals surface area contributed by atoms with Crippen molar-refractivity contribution < 1.29 is 0 Å². The van der Waals surface area contributed by atoms with Gasteiger partial charge in [0.25, 0.3) is 0 Å². The summed E-state index contributed by atoms with van der Waals surface area (Å²) in [5, 5.41) is 9.39. The molecule has 11 rings (SSSR count). The molecular weight excluding hydrogens is 587 g/mol. The van der Waals surface area contributed by atoms with Gasteiger partial charge >= 0.3 is 0 Å². The minimum atomic E-state index is -0.0217. The Bertz CT molecular complexity index is 2240. The first kappa shape index (κ1) is 27.6. The van der Waals surface area contributed by atoms with Crippen LogP contribution >= 0.6 is 0 Å². The van der Waals surface area contributed by atoms with Crippen molar-refractivity contribution in [1.29, 1.82) is 5.26 Å². The van der Waals surface area contributed by atoms with E-state index in [2.05, 4.69) is 66.7 Å². The highest BCUT2D eigenvalue weighted by atomic mass is 15.0. The highest BCUT2D eigenvalue weighted by Gasteiger charge is 2.62. The van der Waals surface area contributed by atoms with Crippen LogP contribution in [0.3, 0.4) is 0 Å². The van der Waals surface area contributed by atoms with Crippen molar-refractivity contribution in [3.05, 3.63) is 132 Å². The van der Waals surface area contributed by atoms with Crippen LogP contribution in [0.4, 0.5) is 0 Å². The van der Waals surface area contributed by atoms with Crippen LogP contribution in [0.1, 0.15) is 48.9 Å². The summed E-state index contributed by atoms with van der Waals surface area (Å²) >= 11 is 0. The van der Waals surface area contributed by atoms with E-state index in [0.717, 1.165) is 39.8 Å². The summed E-state index contributed by atoms with van der Waals surface area (Å²) in [5.41, 5.74) is 10.7. The molecule has 0 atom stereocenters. The molecule has 1 spiro atoms. The lowest BCUT2D eigenvalue weighted by atomic mass is 9.43. The lowest BCUT2D eigenvalue weighted by molar-refractivity contribution is -0.0415. The van der Waals surface area contributed by atoms with Gasteiger partial charge in [-0.1, -0.05) is 97.1 Å². The van der Waals surface area contributed by atoms with Crippen LogP contribution < -0.4 is 0 Å². The fraction of sp³-hybridized carbons (Fsp3) is 0.233. The van der Waals surface area contributed by atoms with Crippen molar-refractivity contribution in [2.75, 3.05) is 0 Å². The summed E-state index contributed by atoms with van der Waals surface area (Å²) in [6.45, 7) is 0. The molecule has 0 unspecified atom stereocenters. The monoisotopic (exact) mass is 619 g/mol. The normalized spacial score (nSPS) is 24.3. The number of fused-ring (bicyclic) bond motifs is 3. The minimum absolute atomic E-state index is 0.0217. The molecule has 5 nitrogen and oxygen atoms in total. The topological polar surface area (TPSA) is 75.3 Å². The van der Waals surface area contributed by atoms with E-state index in [4.69, 9.17) is 19.9 Å². The van der Waals surface area contributed by atoms with E-state index in [1.54, 1.807) is 0 Å². The molecule has 230 valence electrons. The van der Waals surface area contributed by atoms with Crippen molar-refractivity contribution in [1.82, 2.24) is 19.9 Å². The summed E-state index contributed by atoms with van der Waals surface area (Å²) in [7, 11) is 0. The van der Waals surface area contributed by atoms with Crippen LogP contribution in [0, 0.1) is 35.0 Å². The first-order valence-electron chi connectivity index (χ1n) is 17.2. The summed E-state index contributed by atoms with van der Waals surface area (Å²) in [4.78, 5) is 20.8. The van der Waals surface area contributed by atoms with Gasteiger partial charge in [0, 0.05) is 22.1 Å². The Morgan fingerprint density at radius 1 is 0.521 bits per heavy atom. The summed E-state index contributed by atoms with van der Waals surface area (Å²) in [6.07, 6.45) is 6.69. The van der Waals surface area contributed by atoms with Gasteiger partial charge in [-0.25, -0.2) is 19.9 Å². The van der Waals surface area contributed by atoms with Crippen molar-refractivity contribution in [3.8, 4) is 62.6 Å². The van der Waals surface area contributed by atoms with Gasteiger partial charge in [-0.05, 0) is 96.2 Å². The fourth-order valence-corrected chi connectivity index (χ4v) is 9.99. The lowest BCUT2D eigenvalue weighted by Crippen LogP contribution is -2.55. The second-order valence-corrected chi connectivity index (χ2v) is 14.3. The lowest BCUT2D eigenvalue weighted by Gasteiger charge is -2.60. The molecule has 0 amide bonds. The molecule has 0 aliphatic heterocycles. The number of nitriles is 1. The number of rotatable bonds is 4. The summed E-state index contributed by atoms with van der Waals surface area (Å²) in [5.74, 6) is 4.88. The first-order chi connectivity index (χ1) is 23.7. The van der Waals surface area contributed by atoms with Gasteiger partial charge in [0.05, 0.1) is 17.3 Å². The quantitative estimate of drug-likeness (QED) is 0.196. The third-order valence-electron chi connectivity index (χ3n) is 11.7. The average molecular weight is 620 g/mol. The van der Waals surface area contributed by atoms with Gasteiger partial charge < -0.3 is 0 Å². The average Bonchev–Trinajstić information content (AvgIpc) is 3.44. The van der Waals surface area contributed by atoms with Gasteiger partial charge in [-0.3, -0.25) is 0 Å². The Labute approximate surface area is 280 Å². The van der Waals surface area contributed by atoms with E-state index < -0.39 is 0 Å². The van der Waals surface area contributed by atoms with E-state index in [-0.39, 0.29) is 5.41 Å². The molecule has 48 heavy (non-hydrogen) atoms. The Hall–Kier alpha value is -5.47. The summed E-state index contributed by atoms with van der Waals surface area (Å²) < 4.78 is 0. The molecule has 5 aliphatic carbocycles. The molecule has 5 aliphatic rings. The van der Waals surface area contributed by atoms with Crippen LogP contribution in [-0.4, -0.2) is 19.9 Å². The van der Waals surface area contributed by atoms with Gasteiger partial charge in [-0.15, -0.1) is 0 Å². The number of hydrogen-bond donors (Lipinski definition) is 0. The molecule has 2 heterocycles. The molecule has 4 bridgehead atoms. The van der Waals surface area contributed by atoms with E-state index in [9.17, 15) is 5.26 Å². The van der Waals surface area contributed by atoms with E-state index >= 15 is 0 Å². The van der Waals surface area contributed by atoms with Gasteiger partial charge in [0.15, 0.2) is 17.5 Å². The van der Waals surface area contributed by atoms with Crippen molar-refractivity contribution >= 4 is 0 Å². The zero-order valence-corrected chi connectivity index (χ0v) is 26.6. The number of nitrogens with zero attached hydrogens (tertiary/aromatic N) is 5. The number of benzene rings is 4. The first-order valence-corrected chi connectivity index (χ1v) is 17.2. The van der Waals surface area contributed by atoms with Crippen LogP contribution in [-0.2, 0) is 5.41 Å². The maximum absolute atomic E-state index is 9.39. The fourth-order valence-electron chi connectivity index (χ4n) is 9.99. The molecule has 0 radical (unpaired) electrons. The molecule has 4 aromatic carbocycles. The second-order valence-electron chi connectivity index (χ2n) is 14.3. The maximum Gasteiger partial charge on any atom is 0.182 e. The minimum Gasteiger partial charge on any atom is -0.248 e. The van der Waals surface area contributed by atoms with Crippen LogP contribution in [0.25, 0.3) is 56.5 Å². The van der Waals surface area contributed by atoms with Crippen molar-refractivity contribution in [2.24, 2.45) is 23.7 Å². The molecule has 5 heteroatoms. The Balaban J connectivity index is 1.11. The van der Waals surface area contributed by atoms with E-state index in [1.807, 2.05) is 54.6 Å². The Kier molecular flexibility index (Phi) is 6.05. The number of aromatic nitrogens is 4. The van der Waals surface area contributed by atoms with E-state index in [0.29, 0.717) is 34.9 Å². The zero-order valence-electron chi connectivity index (χ0n) is 26.6. The smallest absolute Gasteiger partial charge is 0.182 e. The number of hydrogen-bond acceptors (Lipinski definition) is 5. The standard InChI is InChI=1S/C43H33N5/c44-25-26-7-6-10-32(20-26)29-13-15-31(16-14-29)41-46-40(30-8-2-1-3-9-30)47-42(48-41)38-18-17-36-35-11-4-5-12-37(35)43(39(36)45-38)33-21-27-19-28(23-33)24-34(43)22-27/h1-18,20,27-28,33-34H,19,21-24H2. The Morgan fingerprint density at radius 2 is 1.15 bits per heavy atom. The van der Waals surface area contributed by atoms with Crippen molar-refractivity contribution in [2.45, 2.75) is 37.5 Å². The van der Waals surface area contributed by atoms with Crippen LogP contribution in [0.5, 0.6) is 0 Å². The molecule has 4 fully saturated rings. The Morgan fingerprint density at radius 3 is 1.88 bits per heavy atom. The van der Waals surface area contributed by atoms with Gasteiger partial charge in [-0.2, -0.15) is 5.26 Å². The van der Waals surface area contributed by atoms with Crippen LogP contribution in [0.2, 0.25) is 0 Å². The third-order valence-corrected chi connectivity index (χ3v) is 11.7. The molecule has 4 saturated carbocycles. The predicted octanol–water partition coefficient (Wildman–Crippen LogP) is 9.53. The third kappa shape index (κ3) is 4.08. The highest BCUT2D eigenvalue weighted by Crippen LogP contribution is 2.69. The SMILES string of the molecule is N#Cc1cccc(-c2ccc(-c3nc(-c4ccccc4)nc(-c4ccc5c(n4)C4(c6ccccc6-5)C5CC6CC(C5)CC4C6)n3)cc2)c1. The van der Waals surface area contributed by atoms with Crippen LogP contribution in [0.15, 0.2) is 115 Å². The predicted molar refractivity (Wildman–Crippen MR) is 187 cm³/mol. The maximum atomic E-state index is 9.39. The molecule has 0 N–H and O–H groups in total. The molecule has 0 saturated heterocycles. The van der Waals surface area contributed by atoms with Gasteiger partial charge in [0.1, 0.15) is 5.69 Å². The summed E-state index contributed by atoms with van der Waals surface area (Å²) in [6, 6.07) is 41.8. The van der Waals surface area contributed by atoms with E-state index in [1.165, 1.54) is 54.5 Å². The largest absolute Gasteiger partial charge is 0.248 e. The van der Waals surface area contributed by atoms with Crippen molar-refractivity contribution in [3.63, 3.8) is 0 Å². The van der Waals surface area contributed by atoms with Gasteiger partial charge in [0.2, 0.25) is 0 Å². The molecule has 2 aromatic heterocycles. The highest BCUT2D eigenvalue weighted by molar-refractivity contribution is 5.82. The second kappa shape index (κ2) is 10.5. The zero-order chi connectivity index (χ0) is 31.8. The number of pyridine rings is 1. The molecule has 6 aromatic rings.